The van der Waals surface area contributed by atoms with Crippen molar-refractivity contribution in [3.05, 3.63) is 108 Å². The highest BCUT2D eigenvalue weighted by Gasteiger charge is 2.18. The van der Waals surface area contributed by atoms with Crippen molar-refractivity contribution in [2.24, 2.45) is 0 Å². The van der Waals surface area contributed by atoms with Gasteiger partial charge in [0.15, 0.2) is 0 Å². The molecule has 1 heterocycles. The van der Waals surface area contributed by atoms with Gasteiger partial charge in [-0.05, 0) is 23.3 Å². The molecule has 4 aromatic rings. The standard InChI is InChI=1S/C24H21FN4OS/c25-20-13-7-8-14-21(20)26-23(30)17-29(16-19-11-5-2-6-12-19)24-27-22(28-31-24)15-18-9-3-1-4-10-18/h1-14H,15-17H2,(H,26,30). The van der Waals surface area contributed by atoms with Crippen LogP contribution in [0.1, 0.15) is 17.0 Å². The monoisotopic (exact) mass is 432 g/mol. The molecular weight excluding hydrogens is 411 g/mol. The lowest BCUT2D eigenvalue weighted by atomic mass is 10.1. The summed E-state index contributed by atoms with van der Waals surface area (Å²) in [5.74, 6) is -0.0777. The summed E-state index contributed by atoms with van der Waals surface area (Å²) in [4.78, 5) is 19.2. The minimum absolute atomic E-state index is 0.0310. The van der Waals surface area contributed by atoms with E-state index in [9.17, 15) is 9.18 Å². The number of nitrogens with one attached hydrogen (secondary N) is 1. The Kier molecular flexibility index (Phi) is 6.64. The fourth-order valence-electron chi connectivity index (χ4n) is 3.14. The molecule has 0 atom stereocenters. The van der Waals surface area contributed by atoms with Gasteiger partial charge < -0.3 is 10.2 Å². The Labute approximate surface area is 184 Å². The Morgan fingerprint density at radius 1 is 0.903 bits per heavy atom. The number of amides is 1. The van der Waals surface area contributed by atoms with Crippen LogP contribution in [0.25, 0.3) is 0 Å². The molecule has 0 spiro atoms. The highest BCUT2D eigenvalue weighted by Crippen LogP contribution is 2.22. The zero-order chi connectivity index (χ0) is 21.5. The summed E-state index contributed by atoms with van der Waals surface area (Å²) in [7, 11) is 0. The van der Waals surface area contributed by atoms with E-state index in [0.29, 0.717) is 23.9 Å². The van der Waals surface area contributed by atoms with Gasteiger partial charge in [-0.15, -0.1) is 0 Å². The van der Waals surface area contributed by atoms with Crippen molar-refractivity contribution in [2.45, 2.75) is 13.0 Å². The van der Waals surface area contributed by atoms with Crippen LogP contribution >= 0.6 is 11.5 Å². The number of nitrogens with zero attached hydrogens (tertiary/aromatic N) is 3. The van der Waals surface area contributed by atoms with Gasteiger partial charge in [0, 0.05) is 24.5 Å². The van der Waals surface area contributed by atoms with Crippen LogP contribution in [-0.4, -0.2) is 21.8 Å². The molecule has 0 saturated carbocycles. The molecule has 156 valence electrons. The number of hydrogen-bond acceptors (Lipinski definition) is 5. The number of benzene rings is 3. The molecule has 3 aromatic carbocycles. The zero-order valence-corrected chi connectivity index (χ0v) is 17.6. The zero-order valence-electron chi connectivity index (χ0n) is 16.7. The Hall–Kier alpha value is -3.58. The molecule has 0 unspecified atom stereocenters. The Bertz CT molecular complexity index is 1130. The number of anilines is 2. The van der Waals surface area contributed by atoms with Crippen molar-refractivity contribution in [1.82, 2.24) is 9.36 Å². The van der Waals surface area contributed by atoms with Gasteiger partial charge >= 0.3 is 0 Å². The first-order valence-corrected chi connectivity index (χ1v) is 10.6. The number of para-hydroxylation sites is 1. The van der Waals surface area contributed by atoms with E-state index in [0.717, 1.165) is 11.1 Å². The number of halogens is 1. The fourth-order valence-corrected chi connectivity index (χ4v) is 3.83. The van der Waals surface area contributed by atoms with Gasteiger partial charge in [0.1, 0.15) is 11.6 Å². The molecule has 0 bridgehead atoms. The smallest absolute Gasteiger partial charge is 0.244 e. The molecule has 0 aliphatic heterocycles. The second-order valence-corrected chi connectivity index (χ2v) is 7.76. The van der Waals surface area contributed by atoms with E-state index >= 15 is 0 Å². The summed E-state index contributed by atoms with van der Waals surface area (Å²) in [5.41, 5.74) is 2.33. The lowest BCUT2D eigenvalue weighted by Gasteiger charge is -2.21. The van der Waals surface area contributed by atoms with Crippen molar-refractivity contribution in [3.63, 3.8) is 0 Å². The average molecular weight is 433 g/mol. The van der Waals surface area contributed by atoms with Gasteiger partial charge in [-0.1, -0.05) is 72.8 Å². The summed E-state index contributed by atoms with van der Waals surface area (Å²) in [5, 5.41) is 3.30. The van der Waals surface area contributed by atoms with Gasteiger partial charge in [-0.3, -0.25) is 4.79 Å². The maximum absolute atomic E-state index is 13.9. The second kappa shape index (κ2) is 9.95. The lowest BCUT2D eigenvalue weighted by Crippen LogP contribution is -2.33. The first kappa shape index (κ1) is 20.7. The highest BCUT2D eigenvalue weighted by molar-refractivity contribution is 7.09. The third-order valence-electron chi connectivity index (χ3n) is 4.63. The van der Waals surface area contributed by atoms with Gasteiger partial charge in [-0.25, -0.2) is 9.37 Å². The van der Waals surface area contributed by atoms with E-state index in [-0.39, 0.29) is 18.1 Å². The Morgan fingerprint density at radius 3 is 2.26 bits per heavy atom. The molecule has 5 nitrogen and oxygen atoms in total. The molecule has 0 saturated heterocycles. The largest absolute Gasteiger partial charge is 0.333 e. The van der Waals surface area contributed by atoms with Gasteiger partial charge in [0.05, 0.1) is 12.2 Å². The molecule has 1 amide bonds. The Balaban J connectivity index is 1.51. The number of aromatic nitrogens is 2. The predicted octanol–water partition coefficient (Wildman–Crippen LogP) is 4.91. The summed E-state index contributed by atoms with van der Waals surface area (Å²) in [6.45, 7) is 0.523. The Morgan fingerprint density at radius 2 is 1.55 bits per heavy atom. The quantitative estimate of drug-likeness (QED) is 0.430. The number of rotatable bonds is 8. The van der Waals surface area contributed by atoms with Crippen molar-refractivity contribution in [3.8, 4) is 0 Å². The van der Waals surface area contributed by atoms with Crippen molar-refractivity contribution in [2.75, 3.05) is 16.8 Å². The van der Waals surface area contributed by atoms with Crippen LogP contribution in [0.15, 0.2) is 84.9 Å². The van der Waals surface area contributed by atoms with Crippen LogP contribution in [0.4, 0.5) is 15.2 Å². The number of hydrogen-bond donors (Lipinski definition) is 1. The molecule has 0 fully saturated rings. The van der Waals surface area contributed by atoms with E-state index in [4.69, 9.17) is 0 Å². The van der Waals surface area contributed by atoms with Crippen LogP contribution in [0.2, 0.25) is 0 Å². The second-order valence-electron chi connectivity index (χ2n) is 7.03. The molecule has 4 rings (SSSR count). The van der Waals surface area contributed by atoms with E-state index < -0.39 is 5.82 Å². The molecule has 31 heavy (non-hydrogen) atoms. The first-order chi connectivity index (χ1) is 15.2. The predicted molar refractivity (Wildman–Crippen MR) is 122 cm³/mol. The normalized spacial score (nSPS) is 10.6. The van der Waals surface area contributed by atoms with Crippen molar-refractivity contribution >= 4 is 28.3 Å². The summed E-state index contributed by atoms with van der Waals surface area (Å²) < 4.78 is 18.4. The molecule has 1 aromatic heterocycles. The maximum Gasteiger partial charge on any atom is 0.244 e. The summed E-state index contributed by atoms with van der Waals surface area (Å²) in [6.07, 6.45) is 0.623. The average Bonchev–Trinajstić information content (AvgIpc) is 3.25. The molecular formula is C24H21FN4OS. The number of carbonyl (C=O) groups excluding carboxylic acids is 1. The third-order valence-corrected chi connectivity index (χ3v) is 5.45. The van der Waals surface area contributed by atoms with E-state index in [1.54, 1.807) is 12.1 Å². The molecule has 1 N–H and O–H groups in total. The van der Waals surface area contributed by atoms with Crippen LogP contribution in [0.3, 0.4) is 0 Å². The first-order valence-electron chi connectivity index (χ1n) is 9.87. The molecule has 0 aliphatic rings. The van der Waals surface area contributed by atoms with Gasteiger partial charge in [0.25, 0.3) is 0 Å². The molecule has 0 radical (unpaired) electrons. The highest BCUT2D eigenvalue weighted by atomic mass is 32.1. The maximum atomic E-state index is 13.9. The van der Waals surface area contributed by atoms with Gasteiger partial charge in [-0.2, -0.15) is 4.37 Å². The van der Waals surface area contributed by atoms with Gasteiger partial charge in [0.2, 0.25) is 11.0 Å². The van der Waals surface area contributed by atoms with Crippen molar-refractivity contribution < 1.29 is 9.18 Å². The topological polar surface area (TPSA) is 58.1 Å². The van der Waals surface area contributed by atoms with Crippen LogP contribution < -0.4 is 10.2 Å². The molecule has 7 heteroatoms. The number of carbonyl (C=O) groups is 1. The van der Waals surface area contributed by atoms with Crippen LogP contribution in [0, 0.1) is 5.82 Å². The third kappa shape index (κ3) is 5.73. The minimum atomic E-state index is -0.466. The van der Waals surface area contributed by atoms with E-state index in [1.807, 2.05) is 65.6 Å². The fraction of sp³-hybridized carbons (Fsp3) is 0.125. The van der Waals surface area contributed by atoms with Crippen molar-refractivity contribution in [1.29, 1.82) is 0 Å². The summed E-state index contributed by atoms with van der Waals surface area (Å²) >= 11 is 1.26. The van der Waals surface area contributed by atoms with E-state index in [2.05, 4.69) is 14.7 Å². The SMILES string of the molecule is O=C(CN(Cc1ccccc1)c1nc(Cc2ccccc2)ns1)Nc1ccccc1F. The lowest BCUT2D eigenvalue weighted by molar-refractivity contribution is -0.115. The molecule has 0 aliphatic carbocycles. The minimum Gasteiger partial charge on any atom is -0.333 e. The summed E-state index contributed by atoms with van der Waals surface area (Å²) in [6, 6.07) is 26.0. The van der Waals surface area contributed by atoms with E-state index in [1.165, 1.54) is 23.7 Å². The van der Waals surface area contributed by atoms with Crippen LogP contribution in [-0.2, 0) is 17.8 Å². The van der Waals surface area contributed by atoms with Crippen LogP contribution in [0.5, 0.6) is 0 Å².